The lowest BCUT2D eigenvalue weighted by molar-refractivity contribution is 0.252. The van der Waals surface area contributed by atoms with Gasteiger partial charge in [0, 0.05) is 10.9 Å². The van der Waals surface area contributed by atoms with E-state index >= 15 is 0 Å². The molecule has 0 saturated heterocycles. The number of hydrogen-bond acceptors (Lipinski definition) is 5. The fraction of sp³-hybridized carbons (Fsp3) is 0.222. The van der Waals surface area contributed by atoms with Crippen molar-refractivity contribution >= 4 is 11.0 Å². The first-order valence-electron chi connectivity index (χ1n) is 7.17. The van der Waals surface area contributed by atoms with Crippen LogP contribution in [0.1, 0.15) is 11.3 Å². The molecule has 2 aromatic carbocycles. The third kappa shape index (κ3) is 2.49. The zero-order valence-corrected chi connectivity index (χ0v) is 13.2. The molecule has 3 aromatic rings. The number of hydrogen-bond donors (Lipinski definition) is 2. The maximum atomic E-state index is 10.1. The van der Waals surface area contributed by atoms with Crippen molar-refractivity contribution in [3.8, 4) is 28.4 Å². The maximum Gasteiger partial charge on any atom is 0.200 e. The molecule has 0 aliphatic heterocycles. The Morgan fingerprint density at radius 3 is 2.26 bits per heavy atom. The van der Waals surface area contributed by atoms with E-state index in [1.165, 1.54) is 14.2 Å². The van der Waals surface area contributed by atoms with E-state index in [9.17, 15) is 10.2 Å². The number of fused-ring (bicyclic) bond motifs is 1. The van der Waals surface area contributed by atoms with Gasteiger partial charge >= 0.3 is 0 Å². The number of methoxy groups -OCH3 is 2. The van der Waals surface area contributed by atoms with E-state index in [0.29, 0.717) is 22.8 Å². The highest BCUT2D eigenvalue weighted by Gasteiger charge is 2.19. The molecule has 120 valence electrons. The standard InChI is InChI=1S/C18H18O5/c1-10-4-5-13-12(6-10)17(16(9-19)23-13)11-7-14(21-2)18(20)15(8-11)22-3/h4-8,19-20H,9H2,1-3H3. The summed E-state index contributed by atoms with van der Waals surface area (Å²) >= 11 is 0. The molecule has 5 heteroatoms. The van der Waals surface area contributed by atoms with Gasteiger partial charge in [-0.2, -0.15) is 0 Å². The second-order valence-corrected chi connectivity index (χ2v) is 5.29. The van der Waals surface area contributed by atoms with Crippen LogP contribution in [0.5, 0.6) is 17.2 Å². The number of phenolic OH excluding ortho intramolecular Hbond substituents is 1. The van der Waals surface area contributed by atoms with Crippen LogP contribution in [-0.4, -0.2) is 24.4 Å². The van der Waals surface area contributed by atoms with Crippen molar-refractivity contribution in [2.24, 2.45) is 0 Å². The van der Waals surface area contributed by atoms with Gasteiger partial charge in [-0.25, -0.2) is 0 Å². The smallest absolute Gasteiger partial charge is 0.200 e. The monoisotopic (exact) mass is 314 g/mol. The molecule has 5 nitrogen and oxygen atoms in total. The predicted octanol–water partition coefficient (Wildman–Crippen LogP) is 3.62. The highest BCUT2D eigenvalue weighted by Crippen LogP contribution is 2.43. The minimum atomic E-state index is -0.228. The third-order valence-electron chi connectivity index (χ3n) is 3.83. The van der Waals surface area contributed by atoms with Gasteiger partial charge in [-0.15, -0.1) is 0 Å². The molecule has 0 radical (unpaired) electrons. The van der Waals surface area contributed by atoms with Crippen LogP contribution in [0.2, 0.25) is 0 Å². The second-order valence-electron chi connectivity index (χ2n) is 5.29. The number of aromatic hydroxyl groups is 1. The Labute approximate surface area is 133 Å². The summed E-state index contributed by atoms with van der Waals surface area (Å²) in [7, 11) is 2.95. The second kappa shape index (κ2) is 5.85. The van der Waals surface area contributed by atoms with Crippen molar-refractivity contribution in [2.75, 3.05) is 14.2 Å². The van der Waals surface area contributed by atoms with Gasteiger partial charge in [-0.1, -0.05) is 11.6 Å². The Balaban J connectivity index is 2.33. The van der Waals surface area contributed by atoms with Crippen LogP contribution in [-0.2, 0) is 6.61 Å². The Bertz CT molecular complexity index is 838. The molecule has 3 rings (SSSR count). The molecule has 2 N–H and O–H groups in total. The predicted molar refractivity (Wildman–Crippen MR) is 87.1 cm³/mol. The minimum Gasteiger partial charge on any atom is -0.502 e. The first-order chi connectivity index (χ1) is 11.1. The molecule has 0 bridgehead atoms. The zero-order chi connectivity index (χ0) is 16.6. The third-order valence-corrected chi connectivity index (χ3v) is 3.83. The van der Waals surface area contributed by atoms with Crippen LogP contribution < -0.4 is 9.47 Å². The molecule has 23 heavy (non-hydrogen) atoms. The summed E-state index contributed by atoms with van der Waals surface area (Å²) in [5, 5.41) is 20.6. The molecule has 1 heterocycles. The zero-order valence-electron chi connectivity index (χ0n) is 13.2. The molecule has 0 aliphatic carbocycles. The van der Waals surface area contributed by atoms with Crippen LogP contribution in [0, 0.1) is 6.92 Å². The molecule has 0 aliphatic rings. The van der Waals surface area contributed by atoms with Crippen molar-refractivity contribution in [1.29, 1.82) is 0 Å². The van der Waals surface area contributed by atoms with Crippen LogP contribution in [0.4, 0.5) is 0 Å². The number of furan rings is 1. The highest BCUT2D eigenvalue weighted by atomic mass is 16.5. The average molecular weight is 314 g/mol. The van der Waals surface area contributed by atoms with Gasteiger partial charge in [0.25, 0.3) is 0 Å². The fourth-order valence-corrected chi connectivity index (χ4v) is 2.73. The van der Waals surface area contributed by atoms with E-state index in [0.717, 1.165) is 22.1 Å². The summed E-state index contributed by atoms with van der Waals surface area (Å²) in [4.78, 5) is 0. The minimum absolute atomic E-state index is 0.0618. The summed E-state index contributed by atoms with van der Waals surface area (Å²) in [6, 6.07) is 9.23. The number of aliphatic hydroxyl groups excluding tert-OH is 1. The van der Waals surface area contributed by atoms with E-state index in [1.807, 2.05) is 25.1 Å². The molecule has 1 aromatic heterocycles. The van der Waals surface area contributed by atoms with E-state index in [2.05, 4.69) is 0 Å². The number of aryl methyl sites for hydroxylation is 1. The van der Waals surface area contributed by atoms with Crippen molar-refractivity contribution in [1.82, 2.24) is 0 Å². The topological polar surface area (TPSA) is 72.1 Å². The van der Waals surface area contributed by atoms with Crippen molar-refractivity contribution in [2.45, 2.75) is 13.5 Å². The maximum absolute atomic E-state index is 10.1. The number of phenols is 1. The van der Waals surface area contributed by atoms with E-state index in [1.54, 1.807) is 12.1 Å². The highest BCUT2D eigenvalue weighted by molar-refractivity contribution is 5.97. The average Bonchev–Trinajstić information content (AvgIpc) is 2.92. The number of ether oxygens (including phenoxy) is 2. The molecular formula is C18H18O5. The van der Waals surface area contributed by atoms with Crippen LogP contribution in [0.3, 0.4) is 0 Å². The summed E-state index contributed by atoms with van der Waals surface area (Å²) in [5.74, 6) is 0.990. The summed E-state index contributed by atoms with van der Waals surface area (Å²) in [6.45, 7) is 1.77. The molecule has 0 unspecified atom stereocenters. The molecule has 0 fully saturated rings. The van der Waals surface area contributed by atoms with Gasteiger partial charge in [-0.3, -0.25) is 0 Å². The van der Waals surface area contributed by atoms with Crippen molar-refractivity contribution in [3.05, 3.63) is 41.7 Å². The van der Waals surface area contributed by atoms with Gasteiger partial charge < -0.3 is 24.1 Å². The fourth-order valence-electron chi connectivity index (χ4n) is 2.73. The Kier molecular flexibility index (Phi) is 3.88. The summed E-state index contributed by atoms with van der Waals surface area (Å²) in [6.07, 6.45) is 0. The normalized spacial score (nSPS) is 11.0. The van der Waals surface area contributed by atoms with Gasteiger partial charge in [0.05, 0.1) is 14.2 Å². The number of rotatable bonds is 4. The quantitative estimate of drug-likeness (QED) is 0.769. The van der Waals surface area contributed by atoms with Crippen LogP contribution in [0.15, 0.2) is 34.7 Å². The molecular weight excluding hydrogens is 296 g/mol. The van der Waals surface area contributed by atoms with Crippen LogP contribution >= 0.6 is 0 Å². The lowest BCUT2D eigenvalue weighted by Crippen LogP contribution is -1.92. The van der Waals surface area contributed by atoms with E-state index in [-0.39, 0.29) is 12.4 Å². The largest absolute Gasteiger partial charge is 0.502 e. The van der Waals surface area contributed by atoms with Crippen molar-refractivity contribution in [3.63, 3.8) is 0 Å². The van der Waals surface area contributed by atoms with Gasteiger partial charge in [0.1, 0.15) is 18.0 Å². The molecule has 0 saturated carbocycles. The first-order valence-corrected chi connectivity index (χ1v) is 7.17. The van der Waals surface area contributed by atoms with E-state index in [4.69, 9.17) is 13.9 Å². The molecule has 0 spiro atoms. The number of aliphatic hydroxyl groups is 1. The Morgan fingerprint density at radius 2 is 1.70 bits per heavy atom. The molecule has 0 atom stereocenters. The van der Waals surface area contributed by atoms with Gasteiger partial charge in [0.15, 0.2) is 11.5 Å². The van der Waals surface area contributed by atoms with Gasteiger partial charge in [-0.05, 0) is 36.8 Å². The summed E-state index contributed by atoms with van der Waals surface area (Å²) < 4.78 is 16.2. The SMILES string of the molecule is COc1cc(-c2c(CO)oc3ccc(C)cc23)cc(OC)c1O. The van der Waals surface area contributed by atoms with Crippen LogP contribution in [0.25, 0.3) is 22.1 Å². The summed E-state index contributed by atoms with van der Waals surface area (Å²) in [5.41, 5.74) is 3.29. The lowest BCUT2D eigenvalue weighted by Gasteiger charge is -2.11. The Morgan fingerprint density at radius 1 is 1.04 bits per heavy atom. The Hall–Kier alpha value is -2.66. The molecule has 0 amide bonds. The van der Waals surface area contributed by atoms with Crippen molar-refractivity contribution < 1.29 is 24.1 Å². The first kappa shape index (κ1) is 15.2. The van der Waals surface area contributed by atoms with Gasteiger partial charge in [0.2, 0.25) is 5.75 Å². The lowest BCUT2D eigenvalue weighted by atomic mass is 10.00. The number of benzene rings is 2. The van der Waals surface area contributed by atoms with E-state index < -0.39 is 0 Å².